The SMILES string of the molecule is CC1(C)C[C@H]2C[C@](C)(CN2C(=O)CSc2nc3scc(-c4ccco4)c3c(=O)n2-c2ccccc2)C1. The normalized spacial score (nSPS) is 22.9. The number of thioether (sulfide) groups is 1. The van der Waals surface area contributed by atoms with Crippen molar-refractivity contribution in [2.24, 2.45) is 10.8 Å². The van der Waals surface area contributed by atoms with Crippen LogP contribution in [-0.2, 0) is 4.79 Å². The Morgan fingerprint density at radius 2 is 1.97 bits per heavy atom. The molecule has 1 amide bonds. The number of rotatable bonds is 5. The van der Waals surface area contributed by atoms with Crippen LogP contribution in [0.25, 0.3) is 27.2 Å². The van der Waals surface area contributed by atoms with E-state index in [0.29, 0.717) is 27.2 Å². The Balaban J connectivity index is 1.35. The molecule has 1 aliphatic carbocycles. The first-order valence-corrected chi connectivity index (χ1v) is 14.2. The van der Waals surface area contributed by atoms with Crippen molar-refractivity contribution in [1.29, 1.82) is 0 Å². The maximum Gasteiger partial charge on any atom is 0.268 e. The second kappa shape index (κ2) is 8.63. The van der Waals surface area contributed by atoms with Crippen LogP contribution in [0.15, 0.2) is 68.5 Å². The molecule has 1 saturated heterocycles. The number of thiophene rings is 1. The molecule has 8 heteroatoms. The number of hydrogen-bond acceptors (Lipinski definition) is 6. The number of likely N-dealkylation sites (tertiary alicyclic amines) is 1. The van der Waals surface area contributed by atoms with Gasteiger partial charge in [0.15, 0.2) is 5.16 Å². The number of para-hydroxylation sites is 1. The first kappa shape index (κ1) is 23.6. The van der Waals surface area contributed by atoms with E-state index in [2.05, 4.69) is 25.7 Å². The molecule has 2 aliphatic rings. The second-order valence-electron chi connectivity index (χ2n) is 11.2. The highest BCUT2D eigenvalue weighted by Crippen LogP contribution is 2.52. The number of carbonyl (C=O) groups is 1. The number of nitrogens with zero attached hydrogens (tertiary/aromatic N) is 3. The molecule has 2 atom stereocenters. The van der Waals surface area contributed by atoms with E-state index in [1.807, 2.05) is 47.8 Å². The zero-order valence-corrected chi connectivity index (χ0v) is 22.3. The average Bonchev–Trinajstić information content (AvgIpc) is 3.55. The third kappa shape index (κ3) is 4.10. The van der Waals surface area contributed by atoms with Crippen molar-refractivity contribution in [3.8, 4) is 17.0 Å². The standard InChI is InChI=1S/C28H29N3O3S2/c1-27(2)12-19-13-28(3,16-27)17-30(19)22(32)15-36-26-29-24-23(20(14-35-24)21-10-7-11-34-21)25(33)31(26)18-8-5-4-6-9-18/h4-11,14,19H,12-13,15-17H2,1-3H3/t19-,28-/m0/s1. The topological polar surface area (TPSA) is 68.3 Å². The molecule has 6 nitrogen and oxygen atoms in total. The summed E-state index contributed by atoms with van der Waals surface area (Å²) in [6, 6.07) is 13.5. The highest BCUT2D eigenvalue weighted by Gasteiger charge is 2.50. The van der Waals surface area contributed by atoms with Crippen LogP contribution in [-0.4, -0.2) is 38.7 Å². The van der Waals surface area contributed by atoms with Crippen LogP contribution in [0, 0.1) is 10.8 Å². The Kier molecular flexibility index (Phi) is 5.64. The molecule has 0 unspecified atom stereocenters. The van der Waals surface area contributed by atoms with Gasteiger partial charge in [0.2, 0.25) is 5.91 Å². The Labute approximate surface area is 218 Å². The summed E-state index contributed by atoms with van der Waals surface area (Å²) in [4.78, 5) is 34.9. The van der Waals surface area contributed by atoms with Crippen LogP contribution in [0.4, 0.5) is 0 Å². The summed E-state index contributed by atoms with van der Waals surface area (Å²) in [6.07, 6.45) is 4.88. The van der Waals surface area contributed by atoms with Crippen molar-refractivity contribution in [1.82, 2.24) is 14.5 Å². The van der Waals surface area contributed by atoms with Crippen molar-refractivity contribution >= 4 is 39.2 Å². The van der Waals surface area contributed by atoms with Gasteiger partial charge in [-0.1, -0.05) is 50.7 Å². The lowest BCUT2D eigenvalue weighted by Gasteiger charge is -2.39. The lowest BCUT2D eigenvalue weighted by Crippen LogP contribution is -2.38. The molecule has 0 N–H and O–H groups in total. The van der Waals surface area contributed by atoms with E-state index < -0.39 is 0 Å². The molecule has 1 saturated carbocycles. The van der Waals surface area contributed by atoms with Crippen LogP contribution >= 0.6 is 23.1 Å². The molecule has 1 aromatic carbocycles. The van der Waals surface area contributed by atoms with Crippen LogP contribution in [0.1, 0.15) is 40.0 Å². The molecule has 0 radical (unpaired) electrons. The first-order chi connectivity index (χ1) is 17.2. The number of aromatic nitrogens is 2. The summed E-state index contributed by atoms with van der Waals surface area (Å²) in [5, 5.41) is 2.99. The minimum atomic E-state index is -0.153. The molecule has 3 aromatic heterocycles. The number of benzene rings is 1. The van der Waals surface area contributed by atoms with Gasteiger partial charge in [0.25, 0.3) is 5.56 Å². The summed E-state index contributed by atoms with van der Waals surface area (Å²) >= 11 is 2.77. The molecule has 0 spiro atoms. The number of amides is 1. The minimum Gasteiger partial charge on any atom is -0.464 e. The van der Waals surface area contributed by atoms with Crippen molar-refractivity contribution in [3.63, 3.8) is 0 Å². The lowest BCUT2D eigenvalue weighted by atomic mass is 9.65. The van der Waals surface area contributed by atoms with Crippen LogP contribution in [0.3, 0.4) is 0 Å². The molecule has 4 aromatic rings. The Bertz CT molecular complexity index is 1490. The molecule has 186 valence electrons. The molecule has 2 fully saturated rings. The van der Waals surface area contributed by atoms with Crippen molar-refractivity contribution in [3.05, 3.63) is 64.5 Å². The lowest BCUT2D eigenvalue weighted by molar-refractivity contribution is -0.129. The number of carbonyl (C=O) groups excluding carboxylic acids is 1. The first-order valence-electron chi connectivity index (χ1n) is 12.3. The van der Waals surface area contributed by atoms with Crippen LogP contribution < -0.4 is 5.56 Å². The number of fused-ring (bicyclic) bond motifs is 3. The van der Waals surface area contributed by atoms with E-state index >= 15 is 0 Å². The maximum absolute atomic E-state index is 13.9. The predicted octanol–water partition coefficient (Wildman–Crippen LogP) is 6.23. The smallest absolute Gasteiger partial charge is 0.268 e. The van der Waals surface area contributed by atoms with Crippen LogP contribution in [0.5, 0.6) is 0 Å². The summed E-state index contributed by atoms with van der Waals surface area (Å²) in [6.45, 7) is 7.76. The summed E-state index contributed by atoms with van der Waals surface area (Å²) in [5.41, 5.74) is 1.77. The third-order valence-electron chi connectivity index (χ3n) is 7.44. The Hall–Kier alpha value is -2.84. The largest absolute Gasteiger partial charge is 0.464 e. The Morgan fingerprint density at radius 3 is 2.72 bits per heavy atom. The molecule has 4 heterocycles. The zero-order chi connectivity index (χ0) is 25.1. The zero-order valence-electron chi connectivity index (χ0n) is 20.7. The number of furan rings is 1. The quantitative estimate of drug-likeness (QED) is 0.231. The monoisotopic (exact) mass is 519 g/mol. The molecule has 2 bridgehead atoms. The average molecular weight is 520 g/mol. The van der Waals surface area contributed by atoms with Gasteiger partial charge in [-0.15, -0.1) is 11.3 Å². The van der Waals surface area contributed by atoms with Gasteiger partial charge in [0, 0.05) is 23.5 Å². The summed E-state index contributed by atoms with van der Waals surface area (Å²) < 4.78 is 7.22. The predicted molar refractivity (Wildman–Crippen MR) is 145 cm³/mol. The fourth-order valence-electron chi connectivity index (χ4n) is 6.45. The van der Waals surface area contributed by atoms with Gasteiger partial charge >= 0.3 is 0 Å². The van der Waals surface area contributed by atoms with E-state index in [4.69, 9.17) is 9.40 Å². The van der Waals surface area contributed by atoms with Gasteiger partial charge in [0.1, 0.15) is 10.6 Å². The fourth-order valence-corrected chi connectivity index (χ4v) is 8.31. The highest BCUT2D eigenvalue weighted by atomic mass is 32.2. The van der Waals surface area contributed by atoms with E-state index in [9.17, 15) is 9.59 Å². The van der Waals surface area contributed by atoms with Crippen molar-refractivity contribution < 1.29 is 9.21 Å². The maximum atomic E-state index is 13.9. The fraction of sp³-hybridized carbons (Fsp3) is 0.393. The second-order valence-corrected chi connectivity index (χ2v) is 13.0. The molecule has 6 rings (SSSR count). The van der Waals surface area contributed by atoms with Gasteiger partial charge in [-0.25, -0.2) is 4.98 Å². The summed E-state index contributed by atoms with van der Waals surface area (Å²) in [7, 11) is 0. The van der Waals surface area contributed by atoms with Crippen LogP contribution in [0.2, 0.25) is 0 Å². The van der Waals surface area contributed by atoms with E-state index in [1.54, 1.807) is 10.8 Å². The van der Waals surface area contributed by atoms with E-state index in [0.717, 1.165) is 37.1 Å². The molecule has 36 heavy (non-hydrogen) atoms. The van der Waals surface area contributed by atoms with Gasteiger partial charge in [-0.2, -0.15) is 0 Å². The molecular formula is C28H29N3O3S2. The minimum absolute atomic E-state index is 0.128. The molecule has 1 aliphatic heterocycles. The van der Waals surface area contributed by atoms with Crippen molar-refractivity contribution in [2.75, 3.05) is 12.3 Å². The van der Waals surface area contributed by atoms with E-state index in [-0.39, 0.29) is 28.0 Å². The summed E-state index contributed by atoms with van der Waals surface area (Å²) in [5.74, 6) is 1.03. The highest BCUT2D eigenvalue weighted by molar-refractivity contribution is 7.99. The molecular weight excluding hydrogens is 490 g/mol. The van der Waals surface area contributed by atoms with Crippen molar-refractivity contribution in [2.45, 2.75) is 51.2 Å². The van der Waals surface area contributed by atoms with Gasteiger partial charge < -0.3 is 9.32 Å². The van der Waals surface area contributed by atoms with Gasteiger partial charge in [-0.05, 0) is 54.4 Å². The van der Waals surface area contributed by atoms with Gasteiger partial charge in [0.05, 0.1) is 23.1 Å². The Morgan fingerprint density at radius 1 is 1.17 bits per heavy atom. The third-order valence-corrected chi connectivity index (χ3v) is 9.23. The van der Waals surface area contributed by atoms with E-state index in [1.165, 1.54) is 23.1 Å². The van der Waals surface area contributed by atoms with Gasteiger partial charge in [-0.3, -0.25) is 14.2 Å². The number of hydrogen-bond donors (Lipinski definition) is 0.